The molecule has 0 bridgehead atoms. The topological polar surface area (TPSA) is 164 Å². The maximum atomic E-state index is 15.0. The van der Waals surface area contributed by atoms with E-state index in [0.717, 1.165) is 89.0 Å². The van der Waals surface area contributed by atoms with Gasteiger partial charge in [-0.3, -0.25) is 23.9 Å². The number of carbonyl (C=O) groups is 3. The Morgan fingerprint density at radius 2 is 1.68 bits per heavy atom. The number of pyridine rings is 1. The molecule has 1 fully saturated rings. The summed E-state index contributed by atoms with van der Waals surface area (Å²) in [7, 11) is 3.30. The Kier molecular flexibility index (Phi) is 16.7. The Hall–Kier alpha value is -6.46. The molecule has 3 amide bonds. The van der Waals surface area contributed by atoms with E-state index in [2.05, 4.69) is 25.6 Å². The summed E-state index contributed by atoms with van der Waals surface area (Å²) in [5.74, 6) is -0.406. The van der Waals surface area contributed by atoms with E-state index in [1.54, 1.807) is 49.2 Å². The number of hydrogen-bond donors (Lipinski definition) is 3. The minimum atomic E-state index is -2.72. The lowest BCUT2D eigenvalue weighted by atomic mass is 9.85. The number of aliphatic hydroxyl groups is 1. The third kappa shape index (κ3) is 11.9. The number of ether oxygens (including phenoxy) is 1. The number of rotatable bonds is 19. The predicted molar refractivity (Wildman–Crippen MR) is 287 cm³/mol. The molecule has 0 saturated carbocycles. The number of aliphatic hydroxyl groups excluding tert-OH is 1. The third-order valence-electron chi connectivity index (χ3n) is 14.7. The van der Waals surface area contributed by atoms with Crippen molar-refractivity contribution in [2.24, 2.45) is 12.5 Å². The Morgan fingerprint density at radius 1 is 0.946 bits per heavy atom. The molecule has 14 nitrogen and oxygen atoms in total. The highest BCUT2D eigenvalue weighted by molar-refractivity contribution is 7.13. The van der Waals surface area contributed by atoms with E-state index in [1.165, 1.54) is 4.90 Å². The van der Waals surface area contributed by atoms with E-state index in [0.29, 0.717) is 47.5 Å². The van der Waals surface area contributed by atoms with Crippen LogP contribution in [0, 0.1) is 19.3 Å². The lowest BCUT2D eigenvalue weighted by Gasteiger charge is -2.35. The molecule has 4 atom stereocenters. The molecule has 3 N–H and O–H groups in total. The normalized spacial score (nSPS) is 16.6. The highest BCUT2D eigenvalue weighted by Crippen LogP contribution is 2.44. The summed E-state index contributed by atoms with van der Waals surface area (Å²) >= 11 is 1.58. The van der Waals surface area contributed by atoms with Crippen LogP contribution in [0.15, 0.2) is 77.3 Å². The zero-order valence-corrected chi connectivity index (χ0v) is 44.7. The fourth-order valence-electron chi connectivity index (χ4n) is 10.5. The molecule has 394 valence electrons. The average molecular weight is 1030 g/mol. The van der Waals surface area contributed by atoms with Crippen molar-refractivity contribution in [3.8, 4) is 27.3 Å². The highest BCUT2D eigenvalue weighted by atomic mass is 32.1. The van der Waals surface area contributed by atoms with Crippen LogP contribution in [0.1, 0.15) is 126 Å². The first kappa shape index (κ1) is 53.8. The molecule has 2 aliphatic heterocycles. The maximum absolute atomic E-state index is 15.0. The quantitative estimate of drug-likeness (QED) is 0.0670. The number of β-amino-alcohol motifs (C(OH)–C–C–N with tert-alkyl or cyclic N) is 1. The molecule has 3 aromatic heterocycles. The van der Waals surface area contributed by atoms with Crippen LogP contribution >= 0.6 is 11.3 Å². The highest BCUT2D eigenvalue weighted by Gasteiger charge is 2.44. The molecule has 17 heteroatoms. The van der Waals surface area contributed by atoms with E-state index in [4.69, 9.17) is 4.74 Å². The van der Waals surface area contributed by atoms with Crippen LogP contribution < -0.4 is 25.8 Å². The molecule has 0 unspecified atom stereocenters. The lowest BCUT2D eigenvalue weighted by molar-refractivity contribution is -0.144. The number of nitrogens with one attached hydrogen (secondary N) is 2. The van der Waals surface area contributed by atoms with Gasteiger partial charge in [0.25, 0.3) is 12.0 Å². The summed E-state index contributed by atoms with van der Waals surface area (Å²) in [5.41, 5.74) is 8.80. The van der Waals surface area contributed by atoms with Gasteiger partial charge in [-0.25, -0.2) is 13.8 Å². The monoisotopic (exact) mass is 1030 g/mol. The molecule has 6 aromatic rings. The van der Waals surface area contributed by atoms with Gasteiger partial charge < -0.3 is 34.8 Å². The number of fused-ring (bicyclic) bond motifs is 2. The number of benzene rings is 3. The Labute approximate surface area is 436 Å². The number of anilines is 2. The van der Waals surface area contributed by atoms with Crippen molar-refractivity contribution >= 4 is 51.3 Å². The second-order valence-electron chi connectivity index (χ2n) is 21.1. The van der Waals surface area contributed by atoms with Crippen molar-refractivity contribution in [1.29, 1.82) is 0 Å². The SMILES string of the molecule is COc1cc(N2CCCc3cc(-c4cnn(CCCCCCCCC(=O)N[C@H](C(=O)N5C[C@@H](O)C[C@H]5C(=O)N[C@@H](C)c5ccc(-c6scnc6C)cc5)C(C)(C)C)c4)c(C(F)F)cc32)c2cc(C)c(=O)n(C)c2c1. The van der Waals surface area contributed by atoms with Crippen LogP contribution in [-0.4, -0.2) is 85.4 Å². The number of nitrogens with zero attached hydrogens (tertiary/aromatic N) is 6. The van der Waals surface area contributed by atoms with Gasteiger partial charge in [0.15, 0.2) is 0 Å². The number of unbranched alkanes of at least 4 members (excludes halogenated alkanes) is 5. The molecule has 2 aliphatic rings. The third-order valence-corrected chi connectivity index (χ3v) is 15.6. The van der Waals surface area contributed by atoms with E-state index >= 15 is 0 Å². The first-order valence-electron chi connectivity index (χ1n) is 25.8. The Bertz CT molecular complexity index is 3050. The minimum absolute atomic E-state index is 0.00249. The van der Waals surface area contributed by atoms with Crippen molar-refractivity contribution in [3.63, 3.8) is 0 Å². The molecule has 5 heterocycles. The number of halogens is 2. The predicted octanol–water partition coefficient (Wildman–Crippen LogP) is 10.3. The fraction of sp³-hybridized carbons (Fsp3) is 0.474. The molecule has 8 rings (SSSR count). The smallest absolute Gasteiger partial charge is 0.264 e. The Balaban J connectivity index is 0.805. The van der Waals surface area contributed by atoms with Gasteiger partial charge in [-0.1, -0.05) is 70.7 Å². The molecule has 1 saturated heterocycles. The van der Waals surface area contributed by atoms with Crippen molar-refractivity contribution in [2.75, 3.05) is 25.1 Å². The van der Waals surface area contributed by atoms with E-state index < -0.39 is 35.9 Å². The number of methoxy groups -OCH3 is 1. The fourth-order valence-corrected chi connectivity index (χ4v) is 11.3. The number of alkyl halides is 2. The second-order valence-corrected chi connectivity index (χ2v) is 22.0. The van der Waals surface area contributed by atoms with Gasteiger partial charge in [-0.2, -0.15) is 5.10 Å². The van der Waals surface area contributed by atoms with Crippen LogP contribution in [0.5, 0.6) is 5.75 Å². The number of hydrogen-bond acceptors (Lipinski definition) is 10. The Morgan fingerprint density at radius 3 is 2.36 bits per heavy atom. The summed E-state index contributed by atoms with van der Waals surface area (Å²) in [4.78, 5) is 63.0. The summed E-state index contributed by atoms with van der Waals surface area (Å²) < 4.78 is 39.0. The van der Waals surface area contributed by atoms with Crippen LogP contribution in [0.25, 0.3) is 32.5 Å². The summed E-state index contributed by atoms with van der Waals surface area (Å²) in [5, 5.41) is 22.1. The maximum Gasteiger partial charge on any atom is 0.264 e. The second kappa shape index (κ2) is 23.0. The standard InChI is InChI=1S/C57H70F2N8O6S/c1-34-24-45-47(64(7)55(34)71)27-42(73-8)28-48(45)66-23-15-16-39-25-43(44(53(58)59)29-46(39)66)40-30-61-65(31-40)22-14-12-10-9-11-13-17-50(69)63-52(57(4,5)6)56(72)67-32-41(68)26-49(67)54(70)62-35(2)37-18-20-38(21-19-37)51-36(3)60-33-74-51/h18-21,24-25,27-31,33,35,41,49,52-53,68H,9-17,22-23,26,32H2,1-8H3,(H,62,70)(H,63,69)/t35-,41-,49-,52+/m0/s1. The number of thiazole rings is 1. The first-order valence-corrected chi connectivity index (χ1v) is 26.7. The minimum Gasteiger partial charge on any atom is -0.497 e. The van der Waals surface area contributed by atoms with Crippen LogP contribution in [0.4, 0.5) is 20.2 Å². The van der Waals surface area contributed by atoms with Crippen LogP contribution in [0.2, 0.25) is 0 Å². The zero-order chi connectivity index (χ0) is 53.0. The zero-order valence-electron chi connectivity index (χ0n) is 43.8. The van der Waals surface area contributed by atoms with E-state index in [9.17, 15) is 33.1 Å². The number of aryl methyl sites for hydroxylation is 5. The molecular formula is C57H70F2N8O6S. The molecule has 74 heavy (non-hydrogen) atoms. The van der Waals surface area contributed by atoms with Gasteiger partial charge in [-0.15, -0.1) is 11.3 Å². The van der Waals surface area contributed by atoms with Crippen LogP contribution in [-0.2, 0) is 34.4 Å². The summed E-state index contributed by atoms with van der Waals surface area (Å²) in [6, 6.07) is 14.9. The largest absolute Gasteiger partial charge is 0.497 e. The van der Waals surface area contributed by atoms with Gasteiger partial charge in [0.05, 0.1) is 52.7 Å². The van der Waals surface area contributed by atoms with E-state index in [-0.39, 0.29) is 48.4 Å². The van der Waals surface area contributed by atoms with Gasteiger partial charge in [0.1, 0.15) is 17.8 Å². The molecular weight excluding hydrogens is 963 g/mol. The molecule has 0 radical (unpaired) electrons. The molecule has 0 spiro atoms. The number of aromatic nitrogens is 4. The van der Waals surface area contributed by atoms with Gasteiger partial charge in [0.2, 0.25) is 17.7 Å². The number of carbonyl (C=O) groups excluding carboxylic acids is 3. The van der Waals surface area contributed by atoms with Gasteiger partial charge in [0, 0.05) is 85.6 Å². The van der Waals surface area contributed by atoms with Crippen LogP contribution in [0.3, 0.4) is 0 Å². The van der Waals surface area contributed by atoms with Crippen molar-refractivity contribution < 1.29 is 33.0 Å². The van der Waals surface area contributed by atoms with Gasteiger partial charge >= 0.3 is 0 Å². The number of amides is 3. The van der Waals surface area contributed by atoms with Crippen molar-refractivity contribution in [1.82, 2.24) is 34.9 Å². The first-order chi connectivity index (χ1) is 35.3. The number of likely N-dealkylation sites (tertiary alicyclic amines) is 1. The lowest BCUT2D eigenvalue weighted by Crippen LogP contribution is -2.57. The summed E-state index contributed by atoms with van der Waals surface area (Å²) in [6.07, 6.45) is 6.96. The summed E-state index contributed by atoms with van der Waals surface area (Å²) in [6.45, 7) is 12.5. The van der Waals surface area contributed by atoms with Crippen molar-refractivity contribution in [3.05, 3.63) is 111 Å². The van der Waals surface area contributed by atoms with Crippen molar-refractivity contribution in [2.45, 2.75) is 143 Å². The molecule has 0 aliphatic carbocycles. The van der Waals surface area contributed by atoms with Gasteiger partial charge in [-0.05, 0) is 92.3 Å². The average Bonchev–Trinajstić information content (AvgIpc) is 4.14. The van der Waals surface area contributed by atoms with E-state index in [1.807, 2.05) is 99.5 Å². The molecule has 3 aromatic carbocycles.